The van der Waals surface area contributed by atoms with Crippen molar-refractivity contribution in [2.24, 2.45) is 0 Å². The second kappa shape index (κ2) is 8.37. The molecule has 5 rings (SSSR count). The summed E-state index contributed by atoms with van der Waals surface area (Å²) in [6.45, 7) is 5.21. The molecule has 2 aliphatic rings. The molecule has 0 saturated heterocycles. The van der Waals surface area contributed by atoms with Gasteiger partial charge in [0.1, 0.15) is 5.82 Å². The van der Waals surface area contributed by atoms with E-state index in [2.05, 4.69) is 54.4 Å². The van der Waals surface area contributed by atoms with E-state index < -0.39 is 0 Å². The maximum atomic E-state index is 4.99. The highest BCUT2D eigenvalue weighted by molar-refractivity contribution is 7.15. The molecule has 29 heavy (non-hydrogen) atoms. The monoisotopic (exact) mass is 403 g/mol. The first-order valence-electron chi connectivity index (χ1n) is 11.0. The van der Waals surface area contributed by atoms with Crippen molar-refractivity contribution >= 4 is 11.3 Å². The Morgan fingerprint density at radius 2 is 1.86 bits per heavy atom. The fourth-order valence-electron chi connectivity index (χ4n) is 4.64. The van der Waals surface area contributed by atoms with Crippen molar-refractivity contribution in [2.75, 3.05) is 6.54 Å². The van der Waals surface area contributed by atoms with Crippen LogP contribution >= 0.6 is 11.3 Å². The van der Waals surface area contributed by atoms with Gasteiger partial charge in [0.2, 0.25) is 0 Å². The SMILES string of the molecule is Cc1ccc(-c2ccc(CN3CCc4nc(C5CCCCC5)ncc4C3)s2)cc1. The Bertz CT molecular complexity index is 970. The number of hydrogen-bond donors (Lipinski definition) is 0. The number of thiophene rings is 1. The average Bonchev–Trinajstić information content (AvgIpc) is 3.23. The molecule has 0 radical (unpaired) electrons. The van der Waals surface area contributed by atoms with Crippen LogP contribution in [0.2, 0.25) is 0 Å². The third-order valence-electron chi connectivity index (χ3n) is 6.38. The van der Waals surface area contributed by atoms with Crippen LogP contribution in [0.3, 0.4) is 0 Å². The first kappa shape index (κ1) is 19.0. The first-order chi connectivity index (χ1) is 14.2. The van der Waals surface area contributed by atoms with Gasteiger partial charge in [-0.05, 0) is 37.5 Å². The number of rotatable bonds is 4. The van der Waals surface area contributed by atoms with E-state index in [0.29, 0.717) is 5.92 Å². The Kier molecular flexibility index (Phi) is 5.47. The molecule has 0 bridgehead atoms. The summed E-state index contributed by atoms with van der Waals surface area (Å²) < 4.78 is 0. The molecule has 1 aliphatic heterocycles. The fourth-order valence-corrected chi connectivity index (χ4v) is 5.69. The molecule has 3 aromatic rings. The standard InChI is InChI=1S/C25H29N3S/c1-18-7-9-19(10-8-18)24-12-11-22(29-24)17-28-14-13-23-21(16-28)15-26-25(27-23)20-5-3-2-4-6-20/h7-12,15,20H,2-6,13-14,16-17H2,1H3. The van der Waals surface area contributed by atoms with E-state index in [0.717, 1.165) is 31.9 Å². The predicted octanol–water partition coefficient (Wildman–Crippen LogP) is 6.12. The van der Waals surface area contributed by atoms with Crippen molar-refractivity contribution in [3.63, 3.8) is 0 Å². The molecule has 0 spiro atoms. The van der Waals surface area contributed by atoms with Gasteiger partial charge < -0.3 is 0 Å². The molecule has 150 valence electrons. The lowest BCUT2D eigenvalue weighted by atomic mass is 9.88. The lowest BCUT2D eigenvalue weighted by Gasteiger charge is -2.28. The summed E-state index contributed by atoms with van der Waals surface area (Å²) in [5.74, 6) is 1.70. The topological polar surface area (TPSA) is 29.0 Å². The summed E-state index contributed by atoms with van der Waals surface area (Å²) in [6.07, 6.45) is 9.76. The normalized spacial score (nSPS) is 18.0. The van der Waals surface area contributed by atoms with Gasteiger partial charge in [-0.15, -0.1) is 11.3 Å². The van der Waals surface area contributed by atoms with Crippen molar-refractivity contribution in [3.8, 4) is 10.4 Å². The summed E-state index contributed by atoms with van der Waals surface area (Å²) in [5.41, 5.74) is 5.25. The number of aryl methyl sites for hydroxylation is 1. The maximum absolute atomic E-state index is 4.99. The number of benzene rings is 1. The van der Waals surface area contributed by atoms with Gasteiger partial charge in [0.25, 0.3) is 0 Å². The summed E-state index contributed by atoms with van der Waals surface area (Å²) >= 11 is 1.92. The molecule has 4 heteroatoms. The molecule has 2 aromatic heterocycles. The van der Waals surface area contributed by atoms with Gasteiger partial charge in [-0.1, -0.05) is 49.1 Å². The van der Waals surface area contributed by atoms with Gasteiger partial charge >= 0.3 is 0 Å². The van der Waals surface area contributed by atoms with Gasteiger partial charge in [0, 0.05) is 59.2 Å². The minimum Gasteiger partial charge on any atom is -0.293 e. The first-order valence-corrected chi connectivity index (χ1v) is 11.8. The Labute approximate surface area is 177 Å². The molecular formula is C25H29N3S. The zero-order valence-corrected chi connectivity index (χ0v) is 18.0. The minimum atomic E-state index is 0.596. The Hall–Kier alpha value is -2.04. The molecule has 0 atom stereocenters. The van der Waals surface area contributed by atoms with E-state index >= 15 is 0 Å². The lowest BCUT2D eigenvalue weighted by Crippen LogP contribution is -2.31. The van der Waals surface area contributed by atoms with Gasteiger partial charge in [-0.2, -0.15) is 0 Å². The zero-order chi connectivity index (χ0) is 19.6. The van der Waals surface area contributed by atoms with E-state index in [1.54, 1.807) is 0 Å². The quantitative estimate of drug-likeness (QED) is 0.525. The molecular weight excluding hydrogens is 374 g/mol. The summed E-state index contributed by atoms with van der Waals surface area (Å²) in [4.78, 5) is 15.1. The van der Waals surface area contributed by atoms with Crippen LogP contribution in [-0.4, -0.2) is 21.4 Å². The number of nitrogens with zero attached hydrogens (tertiary/aromatic N) is 3. The highest BCUT2D eigenvalue weighted by Gasteiger charge is 2.23. The van der Waals surface area contributed by atoms with Gasteiger partial charge in [0.05, 0.1) is 0 Å². The minimum absolute atomic E-state index is 0.596. The average molecular weight is 404 g/mol. The maximum Gasteiger partial charge on any atom is 0.131 e. The molecule has 1 fully saturated rings. The lowest BCUT2D eigenvalue weighted by molar-refractivity contribution is 0.244. The fraction of sp³-hybridized carbons (Fsp3) is 0.440. The number of aromatic nitrogens is 2. The summed E-state index contributed by atoms with van der Waals surface area (Å²) in [7, 11) is 0. The van der Waals surface area contributed by atoms with Crippen molar-refractivity contribution in [1.29, 1.82) is 0 Å². The number of hydrogen-bond acceptors (Lipinski definition) is 4. The third-order valence-corrected chi connectivity index (χ3v) is 7.50. The molecule has 1 aliphatic carbocycles. The highest BCUT2D eigenvalue weighted by Crippen LogP contribution is 2.32. The van der Waals surface area contributed by atoms with Crippen LogP contribution in [0.4, 0.5) is 0 Å². The second-order valence-corrected chi connectivity index (χ2v) is 9.80. The molecule has 0 amide bonds. The van der Waals surface area contributed by atoms with Crippen LogP contribution in [-0.2, 0) is 19.5 Å². The van der Waals surface area contributed by atoms with Crippen molar-refractivity contribution in [1.82, 2.24) is 14.9 Å². The Morgan fingerprint density at radius 1 is 1.03 bits per heavy atom. The molecule has 0 unspecified atom stereocenters. The predicted molar refractivity (Wildman–Crippen MR) is 120 cm³/mol. The van der Waals surface area contributed by atoms with Crippen LogP contribution in [0.15, 0.2) is 42.6 Å². The summed E-state index contributed by atoms with van der Waals surface area (Å²) in [6, 6.07) is 13.4. The van der Waals surface area contributed by atoms with Crippen LogP contribution < -0.4 is 0 Å². The van der Waals surface area contributed by atoms with Crippen LogP contribution in [0.25, 0.3) is 10.4 Å². The van der Waals surface area contributed by atoms with Gasteiger partial charge in [-0.3, -0.25) is 4.90 Å². The Morgan fingerprint density at radius 3 is 2.69 bits per heavy atom. The molecule has 3 heterocycles. The smallest absolute Gasteiger partial charge is 0.131 e. The van der Waals surface area contributed by atoms with Gasteiger partial charge in [0.15, 0.2) is 0 Å². The third kappa shape index (κ3) is 4.29. The molecule has 3 nitrogen and oxygen atoms in total. The van der Waals surface area contributed by atoms with E-state index in [9.17, 15) is 0 Å². The van der Waals surface area contributed by atoms with E-state index in [1.807, 2.05) is 11.3 Å². The van der Waals surface area contributed by atoms with Crippen LogP contribution in [0.1, 0.15) is 65.5 Å². The van der Waals surface area contributed by atoms with E-state index in [4.69, 9.17) is 9.97 Å². The summed E-state index contributed by atoms with van der Waals surface area (Å²) in [5, 5.41) is 0. The number of fused-ring (bicyclic) bond motifs is 1. The van der Waals surface area contributed by atoms with Crippen molar-refractivity contribution in [2.45, 2.75) is 64.5 Å². The zero-order valence-electron chi connectivity index (χ0n) is 17.2. The van der Waals surface area contributed by atoms with E-state index in [-0.39, 0.29) is 0 Å². The van der Waals surface area contributed by atoms with E-state index in [1.165, 1.54) is 64.2 Å². The van der Waals surface area contributed by atoms with Crippen molar-refractivity contribution < 1.29 is 0 Å². The van der Waals surface area contributed by atoms with Crippen LogP contribution in [0, 0.1) is 6.92 Å². The van der Waals surface area contributed by atoms with Crippen molar-refractivity contribution in [3.05, 3.63) is 70.1 Å². The Balaban J connectivity index is 1.25. The second-order valence-electron chi connectivity index (χ2n) is 8.63. The van der Waals surface area contributed by atoms with Gasteiger partial charge in [-0.25, -0.2) is 9.97 Å². The highest BCUT2D eigenvalue weighted by atomic mass is 32.1. The molecule has 1 aromatic carbocycles. The van der Waals surface area contributed by atoms with Crippen LogP contribution in [0.5, 0.6) is 0 Å². The molecule has 0 N–H and O–H groups in total. The largest absolute Gasteiger partial charge is 0.293 e. The molecule has 1 saturated carbocycles.